The molecule has 0 spiro atoms. The molecule has 3 aromatic carbocycles. The third-order valence-corrected chi connectivity index (χ3v) is 14.1. The highest BCUT2D eigenvalue weighted by Gasteiger charge is 2.31. The van der Waals surface area contributed by atoms with E-state index in [1.807, 2.05) is 0 Å². The first-order valence-electron chi connectivity index (χ1n) is 26.3. The van der Waals surface area contributed by atoms with Crippen LogP contribution in [0.3, 0.4) is 0 Å². The zero-order chi connectivity index (χ0) is 50.1. The summed E-state index contributed by atoms with van der Waals surface area (Å²) < 4.78 is 17.8. The van der Waals surface area contributed by atoms with Crippen molar-refractivity contribution < 1.29 is 28.6 Å². The van der Waals surface area contributed by atoms with Crippen LogP contribution in [0.15, 0.2) is 72.8 Å². The van der Waals surface area contributed by atoms with Gasteiger partial charge in [0.1, 0.15) is 0 Å². The smallest absolute Gasteiger partial charge is 0.338 e. The van der Waals surface area contributed by atoms with Gasteiger partial charge < -0.3 is 30.2 Å². The third kappa shape index (κ3) is 17.4. The molecule has 12 nitrogen and oxygen atoms in total. The van der Waals surface area contributed by atoms with E-state index in [9.17, 15) is 14.4 Å². The van der Waals surface area contributed by atoms with Crippen LogP contribution in [-0.2, 0) is 14.2 Å². The van der Waals surface area contributed by atoms with Gasteiger partial charge in [-0.25, -0.2) is 14.4 Å². The largest absolute Gasteiger partial charge is 0.462 e. The molecule has 0 aliphatic rings. The predicted molar refractivity (Wildman–Crippen MR) is 281 cm³/mol. The number of aromatic nitrogens is 3. The number of benzene rings is 3. The summed E-state index contributed by atoms with van der Waals surface area (Å²) in [5.41, 5.74) is 3.32. The fourth-order valence-electron chi connectivity index (χ4n) is 9.33. The first-order chi connectivity index (χ1) is 33.4. The van der Waals surface area contributed by atoms with Crippen LogP contribution < -0.4 is 16.0 Å². The van der Waals surface area contributed by atoms with Gasteiger partial charge in [0.2, 0.25) is 17.8 Å². The predicted octanol–water partition coefficient (Wildman–Crippen LogP) is 15.7. The van der Waals surface area contributed by atoms with Crippen molar-refractivity contribution >= 4 is 52.8 Å². The van der Waals surface area contributed by atoms with E-state index in [1.165, 1.54) is 0 Å². The monoisotopic (exact) mass is 949 g/mol. The van der Waals surface area contributed by atoms with Crippen molar-refractivity contribution in [2.45, 2.75) is 178 Å². The maximum absolute atomic E-state index is 13.3. The molecule has 0 bridgehead atoms. The maximum atomic E-state index is 13.3. The van der Waals surface area contributed by atoms with Crippen molar-refractivity contribution in [2.75, 3.05) is 35.8 Å². The van der Waals surface area contributed by atoms with E-state index in [4.69, 9.17) is 14.2 Å². The molecule has 0 radical (unpaired) electrons. The number of nitrogens with one attached hydrogen (secondary N) is 3. The zero-order valence-electron chi connectivity index (χ0n) is 43.6. The minimum Gasteiger partial charge on any atom is -0.462 e. The Morgan fingerprint density at radius 1 is 0.377 bits per heavy atom. The zero-order valence-corrected chi connectivity index (χ0v) is 43.6. The molecule has 3 N–H and O–H groups in total. The molecule has 12 heteroatoms. The van der Waals surface area contributed by atoms with Gasteiger partial charge in [0.25, 0.3) is 0 Å². The van der Waals surface area contributed by atoms with Gasteiger partial charge in [-0.2, -0.15) is 15.0 Å². The summed E-state index contributed by atoms with van der Waals surface area (Å²) in [5.74, 6) is -0.342. The molecule has 0 aliphatic carbocycles. The van der Waals surface area contributed by atoms with Crippen LogP contribution in [0.5, 0.6) is 0 Å². The summed E-state index contributed by atoms with van der Waals surface area (Å²) in [5, 5.41) is 9.79. The lowest BCUT2D eigenvalue weighted by atomic mass is 9.77. The number of unbranched alkanes of at least 4 members (excludes halogenated alkanes) is 3. The fourth-order valence-corrected chi connectivity index (χ4v) is 9.33. The highest BCUT2D eigenvalue weighted by atomic mass is 16.5. The number of hydrogen-bond acceptors (Lipinski definition) is 12. The van der Waals surface area contributed by atoms with Crippen LogP contribution in [-0.4, -0.2) is 52.7 Å². The van der Waals surface area contributed by atoms with E-state index >= 15 is 0 Å². The Kier molecular flexibility index (Phi) is 23.4. The van der Waals surface area contributed by atoms with Crippen LogP contribution in [0.1, 0.15) is 209 Å². The molecule has 378 valence electrons. The minimum absolute atomic E-state index is 0.00637. The van der Waals surface area contributed by atoms with Gasteiger partial charge >= 0.3 is 17.9 Å². The van der Waals surface area contributed by atoms with Crippen LogP contribution in [0.4, 0.5) is 34.9 Å². The van der Waals surface area contributed by atoms with Crippen molar-refractivity contribution in [1.29, 1.82) is 0 Å². The van der Waals surface area contributed by atoms with Crippen LogP contribution >= 0.6 is 0 Å². The molecule has 3 atom stereocenters. The van der Waals surface area contributed by atoms with E-state index < -0.39 is 0 Å². The van der Waals surface area contributed by atoms with Gasteiger partial charge in [-0.1, -0.05) is 120 Å². The number of hydrogen-bond donors (Lipinski definition) is 3. The number of ether oxygens (including phenoxy) is 3. The third-order valence-electron chi connectivity index (χ3n) is 14.1. The van der Waals surface area contributed by atoms with E-state index in [0.29, 0.717) is 53.6 Å². The number of carbonyl (C=O) groups excluding carboxylic acids is 3. The SMILES string of the molecule is CCCCC(CC)(CCC)COC(=O)c1ccc(Nc2nc(Nc3ccc(C(=O)OCC(CC)(CCC)CCCC)cc3)nc(Nc3ccc(C(=O)OCC(CC)(CCC)CCCC)cc3)n2)cc1. The van der Waals surface area contributed by atoms with Crippen molar-refractivity contribution in [3.05, 3.63) is 89.5 Å². The van der Waals surface area contributed by atoms with Crippen LogP contribution in [0.2, 0.25) is 0 Å². The lowest BCUT2D eigenvalue weighted by molar-refractivity contribution is 0.0207. The average molecular weight is 949 g/mol. The maximum Gasteiger partial charge on any atom is 0.338 e. The first kappa shape index (κ1) is 56.1. The quantitative estimate of drug-likeness (QED) is 0.0308. The Bertz CT molecular complexity index is 1900. The molecule has 4 aromatic rings. The number of nitrogens with zero attached hydrogens (tertiary/aromatic N) is 3. The Balaban J connectivity index is 1.54. The summed E-state index contributed by atoms with van der Waals surface area (Å²) in [6.07, 6.45) is 18.9. The van der Waals surface area contributed by atoms with Crippen molar-refractivity contribution in [3.63, 3.8) is 0 Å². The van der Waals surface area contributed by atoms with Crippen molar-refractivity contribution in [1.82, 2.24) is 15.0 Å². The van der Waals surface area contributed by atoms with Gasteiger partial charge in [0.05, 0.1) is 36.5 Å². The summed E-state index contributed by atoms with van der Waals surface area (Å²) >= 11 is 0. The highest BCUT2D eigenvalue weighted by molar-refractivity contribution is 5.91. The normalized spacial score (nSPS) is 13.9. The fraction of sp³-hybridized carbons (Fsp3) is 0.579. The molecule has 0 aliphatic heterocycles. The number of esters is 3. The number of carbonyl (C=O) groups is 3. The van der Waals surface area contributed by atoms with Gasteiger partial charge in [-0.15, -0.1) is 0 Å². The number of rotatable bonds is 33. The van der Waals surface area contributed by atoms with Crippen LogP contribution in [0, 0.1) is 16.2 Å². The topological polar surface area (TPSA) is 154 Å². The molecule has 4 rings (SSSR count). The lowest BCUT2D eigenvalue weighted by Crippen LogP contribution is -2.28. The van der Waals surface area contributed by atoms with E-state index in [1.54, 1.807) is 72.8 Å². The second-order valence-corrected chi connectivity index (χ2v) is 19.3. The van der Waals surface area contributed by atoms with E-state index in [0.717, 1.165) is 116 Å². The number of anilines is 6. The van der Waals surface area contributed by atoms with E-state index in [2.05, 4.69) is 93.2 Å². The molecule has 0 amide bonds. The summed E-state index contributed by atoms with van der Waals surface area (Å²) in [4.78, 5) is 53.8. The molecule has 69 heavy (non-hydrogen) atoms. The van der Waals surface area contributed by atoms with Gasteiger partial charge in [0.15, 0.2) is 0 Å². The molecular weight excluding hydrogens is 865 g/mol. The van der Waals surface area contributed by atoms with Gasteiger partial charge in [-0.3, -0.25) is 0 Å². The molecule has 3 unspecified atom stereocenters. The average Bonchev–Trinajstić information content (AvgIpc) is 3.37. The minimum atomic E-state index is -0.348. The van der Waals surface area contributed by atoms with Crippen molar-refractivity contribution in [2.24, 2.45) is 16.2 Å². The second-order valence-electron chi connectivity index (χ2n) is 19.3. The second kappa shape index (κ2) is 28.8. The Morgan fingerprint density at radius 3 is 0.826 bits per heavy atom. The van der Waals surface area contributed by atoms with Crippen LogP contribution in [0.25, 0.3) is 0 Å². The Labute approximate surface area is 414 Å². The molecule has 1 aromatic heterocycles. The first-order valence-corrected chi connectivity index (χ1v) is 26.3. The standard InChI is InChI=1S/C57H84N6O6/c1-10-19-37-55(16-7,34-13-4)40-67-49(64)43-22-28-46(29-23-43)58-52-61-53(59-47-30-24-44(25-31-47)50(65)68-41-56(17-8,35-14-5)38-20-11-2)63-54(62-52)60-48-32-26-45(27-33-48)51(66)69-42-57(18-9,36-15-6)39-21-12-3/h22-33H,10-21,34-42H2,1-9H3,(H3,58,59,60,61,62,63). The molecule has 0 fully saturated rings. The summed E-state index contributed by atoms with van der Waals surface area (Å²) in [6.45, 7) is 20.9. The Hall–Kier alpha value is -5.52. The summed E-state index contributed by atoms with van der Waals surface area (Å²) in [6, 6.07) is 21.1. The van der Waals surface area contributed by atoms with Gasteiger partial charge in [-0.05, 0) is 131 Å². The lowest BCUT2D eigenvalue weighted by Gasteiger charge is -2.32. The Morgan fingerprint density at radius 2 is 0.623 bits per heavy atom. The van der Waals surface area contributed by atoms with Crippen molar-refractivity contribution in [3.8, 4) is 0 Å². The molecular formula is C57H84N6O6. The highest BCUT2D eigenvalue weighted by Crippen LogP contribution is 2.37. The van der Waals surface area contributed by atoms with Gasteiger partial charge in [0, 0.05) is 33.3 Å². The molecule has 1 heterocycles. The molecule has 0 saturated carbocycles. The van der Waals surface area contributed by atoms with E-state index in [-0.39, 0.29) is 52.0 Å². The molecule has 0 saturated heterocycles. The summed E-state index contributed by atoms with van der Waals surface area (Å²) in [7, 11) is 0.